The average Bonchev–Trinajstić information content (AvgIpc) is 3.22. The molecule has 0 unspecified atom stereocenters. The minimum Gasteiger partial charge on any atom is -0.265 e. The van der Waals surface area contributed by atoms with Crippen LogP contribution in [-0.2, 0) is 0 Å². The molecule has 0 aliphatic carbocycles. The molecule has 9 rings (SSSR count). The van der Waals surface area contributed by atoms with Gasteiger partial charge in [0.15, 0.2) is 0 Å². The fourth-order valence-corrected chi connectivity index (χ4v) is 6.59. The van der Waals surface area contributed by atoms with Gasteiger partial charge in [-0.15, -0.1) is 0 Å². The van der Waals surface area contributed by atoms with E-state index < -0.39 is 0 Å². The number of fused-ring (bicyclic) bond motifs is 2. The molecular weight excluding hydrogens is 637 g/mol. The first-order valence-electron chi connectivity index (χ1n) is 17.1. The molecule has 5 heterocycles. The summed E-state index contributed by atoms with van der Waals surface area (Å²) in [5, 5.41) is 0. The van der Waals surface area contributed by atoms with Crippen molar-refractivity contribution in [3.05, 3.63) is 205 Å². The summed E-state index contributed by atoms with van der Waals surface area (Å²) in [7, 11) is 0. The predicted molar refractivity (Wildman–Crippen MR) is 209 cm³/mol. The lowest BCUT2D eigenvalue weighted by Crippen LogP contribution is -2.10. The van der Waals surface area contributed by atoms with Gasteiger partial charge in [-0.3, -0.25) is 19.9 Å². The summed E-state index contributed by atoms with van der Waals surface area (Å²) < 4.78 is 0. The van der Waals surface area contributed by atoms with Crippen LogP contribution >= 0.6 is 0 Å². The summed E-state index contributed by atoms with van der Waals surface area (Å²) in [6.45, 7) is 0. The predicted octanol–water partition coefficient (Wildman–Crippen LogP) is 10.6. The SMILES string of the molecule is c1ccc2c(c1)/N=C(/c1ccc(-c3cncc(-c4ccncc4)c3)cc1)c1ccccc1/N=C\2c1ccc(-c2cncc(-c3ccncc3)c2)cc1. The van der Waals surface area contributed by atoms with Crippen LogP contribution in [0.3, 0.4) is 0 Å². The summed E-state index contributed by atoms with van der Waals surface area (Å²) in [6.07, 6.45) is 14.8. The number of para-hydroxylation sites is 2. The van der Waals surface area contributed by atoms with Crippen LogP contribution < -0.4 is 0 Å². The zero-order chi connectivity index (χ0) is 34.7. The Balaban J connectivity index is 1.07. The molecule has 6 nitrogen and oxygen atoms in total. The van der Waals surface area contributed by atoms with E-state index in [-0.39, 0.29) is 0 Å². The fourth-order valence-electron chi connectivity index (χ4n) is 6.59. The first-order chi connectivity index (χ1) is 25.8. The molecule has 4 aromatic heterocycles. The third-order valence-corrected chi connectivity index (χ3v) is 9.27. The maximum absolute atomic E-state index is 5.35. The highest BCUT2D eigenvalue weighted by Crippen LogP contribution is 2.35. The molecule has 244 valence electrons. The molecule has 0 saturated carbocycles. The Labute approximate surface area is 301 Å². The molecular formula is C46H30N6. The molecule has 1 aliphatic heterocycles. The van der Waals surface area contributed by atoms with Crippen molar-refractivity contribution in [2.24, 2.45) is 9.98 Å². The summed E-state index contributed by atoms with van der Waals surface area (Å²) in [4.78, 5) is 28.1. The minimum atomic E-state index is 0.863. The van der Waals surface area contributed by atoms with E-state index in [0.29, 0.717) is 0 Å². The maximum Gasteiger partial charge on any atom is 0.0803 e. The van der Waals surface area contributed by atoms with Gasteiger partial charge in [0.2, 0.25) is 0 Å². The van der Waals surface area contributed by atoms with Crippen molar-refractivity contribution in [1.29, 1.82) is 0 Å². The first-order valence-corrected chi connectivity index (χ1v) is 17.1. The Bertz CT molecular complexity index is 2410. The van der Waals surface area contributed by atoms with Crippen LogP contribution in [0.25, 0.3) is 44.5 Å². The number of hydrogen-bond acceptors (Lipinski definition) is 6. The van der Waals surface area contributed by atoms with Crippen LogP contribution in [0.5, 0.6) is 0 Å². The van der Waals surface area contributed by atoms with Gasteiger partial charge in [0, 0.05) is 94.1 Å². The van der Waals surface area contributed by atoms with E-state index >= 15 is 0 Å². The van der Waals surface area contributed by atoms with Crippen LogP contribution in [0, 0.1) is 0 Å². The van der Waals surface area contributed by atoms with E-state index in [1.165, 1.54) is 0 Å². The number of aliphatic imine (C=N–C) groups is 2. The molecule has 6 heteroatoms. The topological polar surface area (TPSA) is 76.3 Å². The minimum absolute atomic E-state index is 0.863. The number of pyridine rings is 4. The van der Waals surface area contributed by atoms with Crippen LogP contribution in [0.1, 0.15) is 22.3 Å². The third-order valence-electron chi connectivity index (χ3n) is 9.27. The highest BCUT2D eigenvalue weighted by molar-refractivity contribution is 6.22. The Kier molecular flexibility index (Phi) is 8.08. The van der Waals surface area contributed by atoms with Gasteiger partial charge in [0.25, 0.3) is 0 Å². The Morgan fingerprint density at radius 3 is 0.981 bits per heavy atom. The van der Waals surface area contributed by atoms with E-state index in [9.17, 15) is 0 Å². The van der Waals surface area contributed by atoms with Gasteiger partial charge in [-0.2, -0.15) is 0 Å². The van der Waals surface area contributed by atoms with Crippen molar-refractivity contribution >= 4 is 22.8 Å². The molecule has 0 radical (unpaired) electrons. The van der Waals surface area contributed by atoms with Gasteiger partial charge in [-0.25, -0.2) is 9.98 Å². The quantitative estimate of drug-likeness (QED) is 0.177. The zero-order valence-electron chi connectivity index (χ0n) is 28.0. The third kappa shape index (κ3) is 6.10. The van der Waals surface area contributed by atoms with Crippen molar-refractivity contribution < 1.29 is 0 Å². The molecule has 0 amide bonds. The Hall–Kier alpha value is -7.18. The summed E-state index contributed by atoms with van der Waals surface area (Å²) >= 11 is 0. The second-order valence-electron chi connectivity index (χ2n) is 12.5. The fraction of sp³-hybridized carbons (Fsp3) is 0. The van der Waals surface area contributed by atoms with Crippen molar-refractivity contribution in [2.75, 3.05) is 0 Å². The molecule has 0 bridgehead atoms. The molecule has 0 fully saturated rings. The van der Waals surface area contributed by atoms with Crippen LogP contribution in [0.15, 0.2) is 193 Å². The summed E-state index contributed by atoms with van der Waals surface area (Å²) in [6, 6.07) is 45.9. The standard InChI is InChI=1S/C46H30N6/c1-3-7-43-41(5-1)45(35-13-9-31(10-14-35)37-25-39(29-49-27-37)33-17-21-47-22-18-33)52-44-8-4-2-6-42(44)46(51-43)36-15-11-32(12-16-36)38-26-40(30-50-28-38)34-19-23-48-24-20-34/h1-30H/b45-41?,46-42?,51-43?,51-46-,52-44?,52-45-. The second kappa shape index (κ2) is 13.6. The zero-order valence-corrected chi connectivity index (χ0v) is 28.0. The van der Waals surface area contributed by atoms with E-state index in [1.54, 1.807) is 24.8 Å². The van der Waals surface area contributed by atoms with E-state index in [4.69, 9.17) is 9.98 Å². The van der Waals surface area contributed by atoms with Crippen LogP contribution in [0.2, 0.25) is 0 Å². The molecule has 0 atom stereocenters. The maximum atomic E-state index is 5.35. The van der Waals surface area contributed by atoms with E-state index in [1.807, 2.05) is 73.3 Å². The molecule has 0 saturated heterocycles. The molecule has 0 spiro atoms. The second-order valence-corrected chi connectivity index (χ2v) is 12.5. The van der Waals surface area contributed by atoms with Crippen molar-refractivity contribution in [1.82, 2.24) is 19.9 Å². The monoisotopic (exact) mass is 666 g/mol. The molecule has 4 aromatic carbocycles. The van der Waals surface area contributed by atoms with Crippen molar-refractivity contribution in [3.63, 3.8) is 0 Å². The highest BCUT2D eigenvalue weighted by atomic mass is 14.8. The molecule has 52 heavy (non-hydrogen) atoms. The molecule has 8 aromatic rings. The Morgan fingerprint density at radius 1 is 0.269 bits per heavy atom. The average molecular weight is 667 g/mol. The van der Waals surface area contributed by atoms with Gasteiger partial charge in [0.1, 0.15) is 0 Å². The summed E-state index contributed by atoms with van der Waals surface area (Å²) in [5.74, 6) is 0. The van der Waals surface area contributed by atoms with Crippen molar-refractivity contribution in [3.8, 4) is 44.5 Å². The number of nitrogens with zero attached hydrogens (tertiary/aromatic N) is 6. The smallest absolute Gasteiger partial charge is 0.0803 e. The summed E-state index contributed by atoms with van der Waals surface area (Å²) in [5.41, 5.74) is 16.0. The normalized spacial score (nSPS) is 14.1. The van der Waals surface area contributed by atoms with Gasteiger partial charge in [-0.1, -0.05) is 84.9 Å². The highest BCUT2D eigenvalue weighted by Gasteiger charge is 2.20. The van der Waals surface area contributed by atoms with Gasteiger partial charge < -0.3 is 0 Å². The lowest BCUT2D eigenvalue weighted by atomic mass is 9.94. The van der Waals surface area contributed by atoms with Gasteiger partial charge in [0.05, 0.1) is 22.8 Å². The molecule has 0 N–H and O–H groups in total. The first kappa shape index (κ1) is 30.8. The lowest BCUT2D eigenvalue weighted by molar-refractivity contribution is 1.30. The largest absolute Gasteiger partial charge is 0.265 e. The van der Waals surface area contributed by atoms with Crippen LogP contribution in [-0.4, -0.2) is 31.4 Å². The number of rotatable bonds is 6. The lowest BCUT2D eigenvalue weighted by Gasteiger charge is -2.18. The van der Waals surface area contributed by atoms with Crippen LogP contribution in [0.4, 0.5) is 11.4 Å². The van der Waals surface area contributed by atoms with Gasteiger partial charge in [-0.05, 0) is 70.8 Å². The number of hydrogen-bond donors (Lipinski definition) is 0. The van der Waals surface area contributed by atoms with Gasteiger partial charge >= 0.3 is 0 Å². The number of aromatic nitrogens is 4. The Morgan fingerprint density at radius 2 is 0.596 bits per heavy atom. The molecule has 1 aliphatic rings. The number of benzene rings is 4. The van der Waals surface area contributed by atoms with Crippen molar-refractivity contribution in [2.45, 2.75) is 0 Å². The van der Waals surface area contributed by atoms with E-state index in [0.717, 1.165) is 89.6 Å². The van der Waals surface area contributed by atoms with E-state index in [2.05, 4.69) is 105 Å².